The molecule has 182 valence electrons. The van der Waals surface area contributed by atoms with E-state index in [1.54, 1.807) is 45.5 Å². The zero-order valence-electron chi connectivity index (χ0n) is 19.8. The summed E-state index contributed by atoms with van der Waals surface area (Å²) in [6.07, 6.45) is 0.201. The number of carbonyl (C=O) groups is 3. The summed E-state index contributed by atoms with van der Waals surface area (Å²) in [6.45, 7) is 5.88. The van der Waals surface area contributed by atoms with Gasteiger partial charge in [-0.25, -0.2) is 4.39 Å². The first-order valence-corrected chi connectivity index (χ1v) is 12.5. The van der Waals surface area contributed by atoms with Crippen LogP contribution < -0.4 is 5.32 Å². The van der Waals surface area contributed by atoms with Gasteiger partial charge in [0, 0.05) is 31.7 Å². The first-order chi connectivity index (χ1) is 16.8. The van der Waals surface area contributed by atoms with Crippen molar-refractivity contribution < 1.29 is 18.8 Å². The molecule has 8 heteroatoms. The molecular weight excluding hydrogens is 465 g/mol. The number of hydrogen-bond donors (Lipinski definition) is 1. The van der Waals surface area contributed by atoms with Crippen molar-refractivity contribution in [1.29, 1.82) is 0 Å². The molecule has 3 aromatic rings. The summed E-state index contributed by atoms with van der Waals surface area (Å²) < 4.78 is 13.1. The summed E-state index contributed by atoms with van der Waals surface area (Å²) in [6, 6.07) is 15.1. The normalized spacial score (nSPS) is 13.7. The fourth-order valence-corrected chi connectivity index (χ4v) is 4.76. The Bertz CT molecular complexity index is 1200. The molecule has 0 radical (unpaired) electrons. The van der Waals surface area contributed by atoms with E-state index in [0.29, 0.717) is 48.2 Å². The highest BCUT2D eigenvalue weighted by molar-refractivity contribution is 7.14. The third kappa shape index (κ3) is 5.95. The van der Waals surface area contributed by atoms with Gasteiger partial charge in [-0.05, 0) is 52.8 Å². The van der Waals surface area contributed by atoms with Crippen LogP contribution in [0, 0.1) is 5.82 Å². The van der Waals surface area contributed by atoms with Gasteiger partial charge in [0.2, 0.25) is 5.91 Å². The SMILES string of the molecule is CC(C)c1ccc(C(=O)Nc2sccc2C(=O)N2CCN(C(=O)Cc3ccc(F)cc3)CC2)cc1. The quantitative estimate of drug-likeness (QED) is 0.537. The zero-order valence-corrected chi connectivity index (χ0v) is 20.6. The molecule has 4 rings (SSSR count). The molecule has 1 fully saturated rings. The van der Waals surface area contributed by atoms with Gasteiger partial charge < -0.3 is 15.1 Å². The molecule has 1 aliphatic rings. The molecule has 2 aromatic carbocycles. The average molecular weight is 494 g/mol. The second kappa shape index (κ2) is 10.8. The van der Waals surface area contributed by atoms with Gasteiger partial charge in [-0.15, -0.1) is 11.3 Å². The smallest absolute Gasteiger partial charge is 0.256 e. The number of halogens is 1. The monoisotopic (exact) mass is 493 g/mol. The third-order valence-corrected chi connectivity index (χ3v) is 6.98. The maximum absolute atomic E-state index is 13.2. The molecule has 35 heavy (non-hydrogen) atoms. The van der Waals surface area contributed by atoms with E-state index in [9.17, 15) is 18.8 Å². The summed E-state index contributed by atoms with van der Waals surface area (Å²) >= 11 is 1.31. The van der Waals surface area contributed by atoms with E-state index in [4.69, 9.17) is 0 Å². The van der Waals surface area contributed by atoms with Crippen LogP contribution in [0.2, 0.25) is 0 Å². The Labute approximate surface area is 208 Å². The number of piperazine rings is 1. The molecular formula is C27H28FN3O3S. The van der Waals surface area contributed by atoms with Crippen LogP contribution in [0.4, 0.5) is 9.39 Å². The highest BCUT2D eigenvalue weighted by Gasteiger charge is 2.27. The van der Waals surface area contributed by atoms with Crippen molar-refractivity contribution in [2.45, 2.75) is 26.2 Å². The average Bonchev–Trinajstić information content (AvgIpc) is 3.33. The Morgan fingerprint density at radius 2 is 1.54 bits per heavy atom. The van der Waals surface area contributed by atoms with Crippen molar-refractivity contribution in [3.63, 3.8) is 0 Å². The molecule has 0 atom stereocenters. The van der Waals surface area contributed by atoms with Crippen LogP contribution in [0.5, 0.6) is 0 Å². The summed E-state index contributed by atoms with van der Waals surface area (Å²) in [7, 11) is 0. The number of rotatable bonds is 6. The lowest BCUT2D eigenvalue weighted by Crippen LogP contribution is -2.51. The van der Waals surface area contributed by atoms with E-state index in [1.165, 1.54) is 23.5 Å². The number of amides is 3. The van der Waals surface area contributed by atoms with E-state index < -0.39 is 0 Å². The highest BCUT2D eigenvalue weighted by Crippen LogP contribution is 2.26. The van der Waals surface area contributed by atoms with E-state index in [2.05, 4.69) is 19.2 Å². The second-order valence-corrected chi connectivity index (χ2v) is 9.79. The summed E-state index contributed by atoms with van der Waals surface area (Å²) in [4.78, 5) is 41.9. The Morgan fingerprint density at radius 3 is 2.17 bits per heavy atom. The van der Waals surface area contributed by atoms with Crippen LogP contribution in [-0.2, 0) is 11.2 Å². The molecule has 0 unspecified atom stereocenters. The van der Waals surface area contributed by atoms with Gasteiger partial charge in [-0.3, -0.25) is 14.4 Å². The van der Waals surface area contributed by atoms with Crippen molar-refractivity contribution in [3.8, 4) is 0 Å². The molecule has 1 aromatic heterocycles. The predicted molar refractivity (Wildman–Crippen MR) is 135 cm³/mol. The van der Waals surface area contributed by atoms with Crippen LogP contribution in [0.15, 0.2) is 60.0 Å². The summed E-state index contributed by atoms with van der Waals surface area (Å²) in [5.41, 5.74) is 2.90. The Kier molecular flexibility index (Phi) is 7.60. The standard InChI is InChI=1S/C27H28FN3O3S/c1-18(2)20-5-7-21(8-6-20)25(33)29-26-23(11-16-35-26)27(34)31-14-12-30(13-15-31)24(32)17-19-3-9-22(28)10-4-19/h3-11,16,18H,12-15,17H2,1-2H3,(H,29,33). The lowest BCUT2D eigenvalue weighted by atomic mass is 10.0. The van der Waals surface area contributed by atoms with Gasteiger partial charge in [0.1, 0.15) is 10.8 Å². The third-order valence-electron chi connectivity index (χ3n) is 6.15. The summed E-state index contributed by atoms with van der Waals surface area (Å²) in [5, 5.41) is 5.18. The first-order valence-electron chi connectivity index (χ1n) is 11.6. The maximum atomic E-state index is 13.2. The predicted octanol–water partition coefficient (Wildman–Crippen LogP) is 4.79. The Morgan fingerprint density at radius 1 is 0.914 bits per heavy atom. The minimum Gasteiger partial charge on any atom is -0.339 e. The van der Waals surface area contributed by atoms with Crippen LogP contribution in [0.25, 0.3) is 0 Å². The van der Waals surface area contributed by atoms with Crippen molar-refractivity contribution in [1.82, 2.24) is 9.80 Å². The molecule has 0 bridgehead atoms. The van der Waals surface area contributed by atoms with Gasteiger partial charge in [-0.2, -0.15) is 0 Å². The summed E-state index contributed by atoms with van der Waals surface area (Å²) in [5.74, 6) is -0.417. The molecule has 1 aliphatic heterocycles. The number of thiophene rings is 1. The Balaban J connectivity index is 1.33. The van der Waals surface area contributed by atoms with Crippen LogP contribution in [0.3, 0.4) is 0 Å². The minimum atomic E-state index is -0.332. The molecule has 1 saturated heterocycles. The number of anilines is 1. The van der Waals surface area contributed by atoms with Crippen LogP contribution >= 0.6 is 11.3 Å². The van der Waals surface area contributed by atoms with Crippen molar-refractivity contribution in [2.24, 2.45) is 0 Å². The number of nitrogens with one attached hydrogen (secondary N) is 1. The van der Waals surface area contributed by atoms with E-state index in [0.717, 1.165) is 11.1 Å². The molecule has 2 heterocycles. The Hall–Kier alpha value is -3.52. The van der Waals surface area contributed by atoms with Crippen LogP contribution in [0.1, 0.15) is 51.6 Å². The minimum absolute atomic E-state index is 0.0457. The molecule has 3 amide bonds. The molecule has 0 aliphatic carbocycles. The molecule has 6 nitrogen and oxygen atoms in total. The van der Waals surface area contributed by atoms with Crippen LogP contribution in [-0.4, -0.2) is 53.7 Å². The second-order valence-electron chi connectivity index (χ2n) is 8.87. The fraction of sp³-hybridized carbons (Fsp3) is 0.296. The highest BCUT2D eigenvalue weighted by atomic mass is 32.1. The van der Waals surface area contributed by atoms with Gasteiger partial charge in [0.25, 0.3) is 11.8 Å². The van der Waals surface area contributed by atoms with Gasteiger partial charge in [-0.1, -0.05) is 38.1 Å². The lowest BCUT2D eigenvalue weighted by Gasteiger charge is -2.35. The van der Waals surface area contributed by atoms with Crippen molar-refractivity contribution in [2.75, 3.05) is 31.5 Å². The maximum Gasteiger partial charge on any atom is 0.256 e. The van der Waals surface area contributed by atoms with Gasteiger partial charge in [0.15, 0.2) is 0 Å². The van der Waals surface area contributed by atoms with E-state index in [-0.39, 0.29) is 30.0 Å². The van der Waals surface area contributed by atoms with Gasteiger partial charge in [0.05, 0.1) is 12.0 Å². The molecule has 1 N–H and O–H groups in total. The topological polar surface area (TPSA) is 69.7 Å². The largest absolute Gasteiger partial charge is 0.339 e. The number of nitrogens with zero attached hydrogens (tertiary/aromatic N) is 2. The van der Waals surface area contributed by atoms with Gasteiger partial charge >= 0.3 is 0 Å². The van der Waals surface area contributed by atoms with E-state index in [1.807, 2.05) is 12.1 Å². The molecule has 0 spiro atoms. The molecule has 0 saturated carbocycles. The van der Waals surface area contributed by atoms with E-state index >= 15 is 0 Å². The zero-order chi connectivity index (χ0) is 24.9. The number of benzene rings is 2. The number of hydrogen-bond acceptors (Lipinski definition) is 4. The van der Waals surface area contributed by atoms with Crippen molar-refractivity contribution in [3.05, 3.63) is 88.0 Å². The first kappa shape index (κ1) is 24.6. The number of carbonyl (C=O) groups excluding carboxylic acids is 3. The fourth-order valence-electron chi connectivity index (χ4n) is 3.99. The lowest BCUT2D eigenvalue weighted by molar-refractivity contribution is -0.131. The van der Waals surface area contributed by atoms with Crippen molar-refractivity contribution >= 4 is 34.1 Å².